The predicted molar refractivity (Wildman–Crippen MR) is 93.4 cm³/mol. The van der Waals surface area contributed by atoms with Crippen LogP contribution in [0.3, 0.4) is 0 Å². The van der Waals surface area contributed by atoms with Crippen LogP contribution in [0.2, 0.25) is 5.02 Å². The Morgan fingerprint density at radius 1 is 1.29 bits per heavy atom. The van der Waals surface area contributed by atoms with E-state index in [1.165, 1.54) is 17.3 Å². The fraction of sp³-hybridized carbons (Fsp3) is 0.571. The van der Waals surface area contributed by atoms with Gasteiger partial charge in [0.25, 0.3) is 5.69 Å². The van der Waals surface area contributed by atoms with E-state index in [4.69, 9.17) is 11.6 Å². The molecule has 0 aliphatic carbocycles. The topological polar surface area (TPSA) is 92.6 Å². The van der Waals surface area contributed by atoms with Crippen LogP contribution in [0.1, 0.15) is 24.8 Å². The molecule has 2 saturated heterocycles. The van der Waals surface area contributed by atoms with Gasteiger partial charge < -0.3 is 5.32 Å². The number of rotatable bonds is 3. The lowest BCUT2D eigenvalue weighted by Crippen LogP contribution is -2.42. The van der Waals surface area contributed by atoms with Gasteiger partial charge in [-0.2, -0.15) is 4.31 Å². The first-order valence-corrected chi connectivity index (χ1v) is 9.33. The first-order valence-electron chi connectivity index (χ1n) is 7.51. The average molecular weight is 396 g/mol. The van der Waals surface area contributed by atoms with Crippen LogP contribution in [-0.2, 0) is 10.0 Å². The number of nitro benzene ring substituents is 1. The van der Waals surface area contributed by atoms with Gasteiger partial charge in [0, 0.05) is 30.3 Å². The van der Waals surface area contributed by atoms with E-state index < -0.39 is 14.9 Å². The van der Waals surface area contributed by atoms with Gasteiger partial charge in [-0.3, -0.25) is 10.1 Å². The highest BCUT2D eigenvalue weighted by Crippen LogP contribution is 2.36. The molecule has 1 aromatic rings. The molecule has 2 heterocycles. The van der Waals surface area contributed by atoms with E-state index in [2.05, 4.69) is 5.32 Å². The third kappa shape index (κ3) is 3.25. The van der Waals surface area contributed by atoms with Crippen LogP contribution in [-0.4, -0.2) is 42.8 Å². The highest BCUT2D eigenvalue weighted by molar-refractivity contribution is 7.89. The monoisotopic (exact) mass is 395 g/mol. The molecular formula is C14H19Cl2N3O4S. The Balaban J connectivity index is 0.00000208. The molecule has 1 N–H and O–H groups in total. The molecule has 2 unspecified atom stereocenters. The minimum Gasteiger partial charge on any atom is -0.315 e. The van der Waals surface area contributed by atoms with E-state index >= 15 is 0 Å². The maximum atomic E-state index is 13.1. The minimum atomic E-state index is -3.81. The van der Waals surface area contributed by atoms with Crippen molar-refractivity contribution < 1.29 is 13.3 Å². The van der Waals surface area contributed by atoms with Crippen LogP contribution in [0.5, 0.6) is 0 Å². The van der Waals surface area contributed by atoms with Crippen molar-refractivity contribution >= 4 is 39.7 Å². The van der Waals surface area contributed by atoms with Gasteiger partial charge in [0.1, 0.15) is 0 Å². The third-order valence-electron chi connectivity index (χ3n) is 4.65. The fourth-order valence-corrected chi connectivity index (χ4v) is 5.66. The van der Waals surface area contributed by atoms with Crippen molar-refractivity contribution in [2.75, 3.05) is 13.1 Å². The number of sulfonamides is 1. The summed E-state index contributed by atoms with van der Waals surface area (Å²) in [5, 5.41) is 14.5. The molecule has 134 valence electrons. The number of benzene rings is 1. The van der Waals surface area contributed by atoms with Crippen LogP contribution < -0.4 is 5.32 Å². The molecule has 2 atom stereocenters. The molecule has 2 aliphatic rings. The maximum Gasteiger partial charge on any atom is 0.275 e. The van der Waals surface area contributed by atoms with Crippen molar-refractivity contribution in [3.8, 4) is 0 Å². The van der Waals surface area contributed by atoms with Gasteiger partial charge in [-0.15, -0.1) is 12.4 Å². The molecule has 24 heavy (non-hydrogen) atoms. The Hall–Kier alpha value is -0.930. The van der Waals surface area contributed by atoms with Gasteiger partial charge in [0.15, 0.2) is 0 Å². The molecule has 2 aliphatic heterocycles. The second-order valence-electron chi connectivity index (χ2n) is 6.02. The second-order valence-corrected chi connectivity index (χ2v) is 8.27. The van der Waals surface area contributed by atoms with Crippen molar-refractivity contribution in [2.24, 2.45) is 0 Å². The average Bonchev–Trinajstić information content (AvgIpc) is 2.75. The predicted octanol–water partition coefficient (Wildman–Crippen LogP) is 2.49. The third-order valence-corrected chi connectivity index (χ3v) is 7.03. The van der Waals surface area contributed by atoms with Gasteiger partial charge in [0.05, 0.1) is 14.8 Å². The summed E-state index contributed by atoms with van der Waals surface area (Å²) in [5.41, 5.74) is 0.00694. The summed E-state index contributed by atoms with van der Waals surface area (Å²) in [5.74, 6) is 0. The summed E-state index contributed by atoms with van der Waals surface area (Å²) >= 11 is 6.03. The molecule has 2 fully saturated rings. The molecule has 1 aromatic carbocycles. The summed E-state index contributed by atoms with van der Waals surface area (Å²) in [6, 6.07) is 2.27. The van der Waals surface area contributed by atoms with Crippen LogP contribution in [0.15, 0.2) is 17.0 Å². The Bertz CT molecular complexity index is 743. The van der Waals surface area contributed by atoms with Gasteiger partial charge in [-0.1, -0.05) is 11.6 Å². The standard InChI is InChI=1S/C14H18ClN3O4S.ClH/c1-9-13(15)6-12(7-14(9)18(19)20)23(21,22)17-10-2-3-11(17)8-16-5-4-10;/h6-7,10-11,16H,2-5,8H2,1H3;1H. The number of nitrogens with one attached hydrogen (secondary N) is 1. The van der Waals surface area contributed by atoms with Crippen LogP contribution >= 0.6 is 24.0 Å². The number of nitro groups is 1. The lowest BCUT2D eigenvalue weighted by molar-refractivity contribution is -0.385. The number of hydrogen-bond donors (Lipinski definition) is 1. The molecule has 7 nitrogen and oxygen atoms in total. The Kier molecular flexibility index (Phi) is 5.76. The van der Waals surface area contributed by atoms with Gasteiger partial charge in [-0.25, -0.2) is 8.42 Å². The van der Waals surface area contributed by atoms with E-state index in [1.54, 1.807) is 0 Å². The lowest BCUT2D eigenvalue weighted by Gasteiger charge is -2.27. The zero-order valence-electron chi connectivity index (χ0n) is 13.1. The molecule has 0 saturated carbocycles. The lowest BCUT2D eigenvalue weighted by atomic mass is 10.1. The zero-order chi connectivity index (χ0) is 16.8. The van der Waals surface area contributed by atoms with E-state index in [9.17, 15) is 18.5 Å². The normalized spacial score (nSPS) is 24.2. The van der Waals surface area contributed by atoms with Crippen molar-refractivity contribution in [1.29, 1.82) is 0 Å². The second kappa shape index (κ2) is 7.13. The summed E-state index contributed by atoms with van der Waals surface area (Å²) in [4.78, 5) is 10.5. The fourth-order valence-electron chi connectivity index (χ4n) is 3.43. The molecule has 3 rings (SSSR count). The van der Waals surface area contributed by atoms with Crippen LogP contribution in [0.25, 0.3) is 0 Å². The Morgan fingerprint density at radius 2 is 1.96 bits per heavy atom. The van der Waals surface area contributed by atoms with Crippen molar-refractivity contribution in [3.05, 3.63) is 32.8 Å². The molecule has 0 spiro atoms. The largest absolute Gasteiger partial charge is 0.315 e. The molecule has 0 radical (unpaired) electrons. The van der Waals surface area contributed by atoms with E-state index in [-0.39, 0.29) is 45.7 Å². The molecule has 0 aromatic heterocycles. The van der Waals surface area contributed by atoms with Crippen molar-refractivity contribution in [3.63, 3.8) is 0 Å². The summed E-state index contributed by atoms with van der Waals surface area (Å²) < 4.78 is 27.6. The molecule has 2 bridgehead atoms. The van der Waals surface area contributed by atoms with Gasteiger partial charge in [0.2, 0.25) is 10.0 Å². The molecule has 0 amide bonds. The highest BCUT2D eigenvalue weighted by atomic mass is 35.5. The number of hydrogen-bond acceptors (Lipinski definition) is 5. The van der Waals surface area contributed by atoms with Gasteiger partial charge in [-0.05, 0) is 38.8 Å². The SMILES string of the molecule is Cc1c(Cl)cc(S(=O)(=O)N2C3CCNCC2CC3)cc1[N+](=O)[O-].Cl. The first kappa shape index (κ1) is 19.4. The number of halogens is 2. The van der Waals surface area contributed by atoms with Crippen molar-refractivity contribution in [2.45, 2.75) is 43.2 Å². The molecular weight excluding hydrogens is 377 g/mol. The van der Waals surface area contributed by atoms with E-state index in [1.807, 2.05) is 0 Å². The quantitative estimate of drug-likeness (QED) is 0.626. The Morgan fingerprint density at radius 3 is 2.62 bits per heavy atom. The van der Waals surface area contributed by atoms with Crippen molar-refractivity contribution in [1.82, 2.24) is 9.62 Å². The maximum absolute atomic E-state index is 13.1. The van der Waals surface area contributed by atoms with E-state index in [0.717, 1.165) is 31.9 Å². The van der Waals surface area contributed by atoms with Gasteiger partial charge >= 0.3 is 0 Å². The van der Waals surface area contributed by atoms with Crippen LogP contribution in [0.4, 0.5) is 5.69 Å². The Labute approximate surface area is 152 Å². The summed E-state index contributed by atoms with van der Waals surface area (Å²) in [7, 11) is -3.81. The minimum absolute atomic E-state index is 0. The highest BCUT2D eigenvalue weighted by Gasteiger charge is 2.43. The molecule has 10 heteroatoms. The number of fused-ring (bicyclic) bond motifs is 2. The van der Waals surface area contributed by atoms with E-state index in [0.29, 0.717) is 6.54 Å². The van der Waals surface area contributed by atoms with Crippen LogP contribution in [0, 0.1) is 17.0 Å². The smallest absolute Gasteiger partial charge is 0.275 e. The zero-order valence-corrected chi connectivity index (χ0v) is 15.5. The summed E-state index contributed by atoms with van der Waals surface area (Å²) in [6.45, 7) is 2.90. The first-order chi connectivity index (χ1) is 10.8. The summed E-state index contributed by atoms with van der Waals surface area (Å²) in [6.07, 6.45) is 2.38. The number of nitrogens with zero attached hydrogens (tertiary/aromatic N) is 2.